The maximum Gasteiger partial charge on any atom is 0.254 e. The van der Waals surface area contributed by atoms with Gasteiger partial charge in [0.2, 0.25) is 5.78 Å². The standard InChI is InChI=1S/C24H24N2O2S/c27-23(22-12-6-17-29-22)20-10-4-5-11-21(20)24(28)26-14-7-13-25(15-16-26)18-19-8-2-1-3-9-19/h1-6,8-12,17H,7,13-16,18H2. The third-order valence-electron chi connectivity index (χ3n) is 5.27. The second-order valence-corrected chi connectivity index (χ2v) is 8.21. The summed E-state index contributed by atoms with van der Waals surface area (Å²) < 4.78 is 0. The van der Waals surface area contributed by atoms with Gasteiger partial charge in [0.05, 0.1) is 10.4 Å². The molecule has 2 heterocycles. The molecule has 1 amide bonds. The van der Waals surface area contributed by atoms with Gasteiger partial charge in [-0.25, -0.2) is 0 Å². The molecular weight excluding hydrogens is 380 g/mol. The molecule has 29 heavy (non-hydrogen) atoms. The van der Waals surface area contributed by atoms with Crippen molar-refractivity contribution in [2.24, 2.45) is 0 Å². The van der Waals surface area contributed by atoms with Crippen molar-refractivity contribution in [2.75, 3.05) is 26.2 Å². The van der Waals surface area contributed by atoms with Gasteiger partial charge >= 0.3 is 0 Å². The van der Waals surface area contributed by atoms with Gasteiger partial charge in [-0.15, -0.1) is 11.3 Å². The normalized spacial score (nSPS) is 15.1. The van der Waals surface area contributed by atoms with E-state index in [4.69, 9.17) is 0 Å². The summed E-state index contributed by atoms with van der Waals surface area (Å²) in [5, 5.41) is 1.88. The minimum atomic E-state index is -0.0792. The van der Waals surface area contributed by atoms with Crippen molar-refractivity contribution in [3.8, 4) is 0 Å². The third-order valence-corrected chi connectivity index (χ3v) is 6.14. The van der Waals surface area contributed by atoms with E-state index in [0.717, 1.165) is 26.1 Å². The molecular formula is C24H24N2O2S. The highest BCUT2D eigenvalue weighted by Crippen LogP contribution is 2.20. The molecule has 0 spiro atoms. The quantitative estimate of drug-likeness (QED) is 0.595. The monoisotopic (exact) mass is 404 g/mol. The van der Waals surface area contributed by atoms with E-state index in [-0.39, 0.29) is 11.7 Å². The van der Waals surface area contributed by atoms with Crippen LogP contribution in [-0.4, -0.2) is 47.7 Å². The Labute approximate surface area is 175 Å². The summed E-state index contributed by atoms with van der Waals surface area (Å²) in [6, 6.07) is 21.3. The lowest BCUT2D eigenvalue weighted by atomic mass is 10.0. The number of amides is 1. The summed E-state index contributed by atoms with van der Waals surface area (Å²) in [6.45, 7) is 4.09. The average molecular weight is 405 g/mol. The van der Waals surface area contributed by atoms with Crippen molar-refractivity contribution in [1.29, 1.82) is 0 Å². The van der Waals surface area contributed by atoms with Crippen LogP contribution in [0.4, 0.5) is 0 Å². The van der Waals surface area contributed by atoms with Crippen LogP contribution in [0.1, 0.15) is 37.6 Å². The fourth-order valence-electron chi connectivity index (χ4n) is 3.75. The van der Waals surface area contributed by atoms with Gasteiger partial charge in [-0.3, -0.25) is 14.5 Å². The van der Waals surface area contributed by atoms with Crippen molar-refractivity contribution < 1.29 is 9.59 Å². The summed E-state index contributed by atoms with van der Waals surface area (Å²) in [6.07, 6.45) is 0.930. The molecule has 1 aliphatic rings. The van der Waals surface area contributed by atoms with E-state index < -0.39 is 0 Å². The lowest BCUT2D eigenvalue weighted by Gasteiger charge is -2.23. The van der Waals surface area contributed by atoms with Crippen LogP contribution in [0.15, 0.2) is 72.1 Å². The zero-order chi connectivity index (χ0) is 20.1. The van der Waals surface area contributed by atoms with E-state index in [0.29, 0.717) is 29.1 Å². The third kappa shape index (κ3) is 4.63. The van der Waals surface area contributed by atoms with Crippen LogP contribution in [0.5, 0.6) is 0 Å². The summed E-state index contributed by atoms with van der Waals surface area (Å²) in [5.74, 6) is -0.128. The first-order chi connectivity index (χ1) is 14.2. The topological polar surface area (TPSA) is 40.6 Å². The molecule has 1 fully saturated rings. The van der Waals surface area contributed by atoms with Gasteiger partial charge in [-0.2, -0.15) is 0 Å². The second kappa shape index (κ2) is 9.16. The van der Waals surface area contributed by atoms with Crippen molar-refractivity contribution >= 4 is 23.0 Å². The van der Waals surface area contributed by atoms with Crippen LogP contribution in [0.3, 0.4) is 0 Å². The minimum absolute atomic E-state index is 0.0490. The second-order valence-electron chi connectivity index (χ2n) is 7.26. The largest absolute Gasteiger partial charge is 0.337 e. The first-order valence-electron chi connectivity index (χ1n) is 9.95. The van der Waals surface area contributed by atoms with E-state index in [2.05, 4.69) is 29.2 Å². The number of rotatable bonds is 5. The molecule has 4 nitrogen and oxygen atoms in total. The number of carbonyl (C=O) groups excluding carboxylic acids is 2. The molecule has 1 aromatic heterocycles. The minimum Gasteiger partial charge on any atom is -0.337 e. The molecule has 148 valence electrons. The molecule has 0 saturated carbocycles. The molecule has 0 bridgehead atoms. The zero-order valence-electron chi connectivity index (χ0n) is 16.3. The predicted octanol–water partition coefficient (Wildman–Crippen LogP) is 4.33. The van der Waals surface area contributed by atoms with Gasteiger partial charge in [-0.1, -0.05) is 54.6 Å². The molecule has 4 rings (SSSR count). The molecule has 5 heteroatoms. The molecule has 1 aliphatic heterocycles. The lowest BCUT2D eigenvalue weighted by Crippen LogP contribution is -2.35. The van der Waals surface area contributed by atoms with Gasteiger partial charge in [0.25, 0.3) is 5.91 Å². The highest BCUT2D eigenvalue weighted by Gasteiger charge is 2.24. The van der Waals surface area contributed by atoms with Crippen molar-refractivity contribution in [1.82, 2.24) is 9.80 Å². The highest BCUT2D eigenvalue weighted by atomic mass is 32.1. The Bertz CT molecular complexity index is 970. The molecule has 0 radical (unpaired) electrons. The number of thiophene rings is 1. The lowest BCUT2D eigenvalue weighted by molar-refractivity contribution is 0.0757. The number of hydrogen-bond acceptors (Lipinski definition) is 4. The first kappa shape index (κ1) is 19.6. The number of hydrogen-bond donors (Lipinski definition) is 0. The van der Waals surface area contributed by atoms with Crippen molar-refractivity contribution in [3.63, 3.8) is 0 Å². The Kier molecular flexibility index (Phi) is 6.17. The van der Waals surface area contributed by atoms with E-state index in [1.165, 1.54) is 16.9 Å². The molecule has 1 saturated heterocycles. The Morgan fingerprint density at radius 3 is 2.31 bits per heavy atom. The van der Waals surface area contributed by atoms with Crippen LogP contribution in [-0.2, 0) is 6.54 Å². The van der Waals surface area contributed by atoms with Gasteiger partial charge in [0.15, 0.2) is 0 Å². The summed E-state index contributed by atoms with van der Waals surface area (Å²) in [4.78, 5) is 31.1. The van der Waals surface area contributed by atoms with Crippen LogP contribution in [0.25, 0.3) is 0 Å². The fourth-order valence-corrected chi connectivity index (χ4v) is 4.43. The van der Waals surface area contributed by atoms with Gasteiger partial charge in [-0.05, 0) is 29.5 Å². The summed E-state index contributed by atoms with van der Waals surface area (Å²) in [5.41, 5.74) is 2.28. The van der Waals surface area contributed by atoms with Crippen molar-refractivity contribution in [2.45, 2.75) is 13.0 Å². The van der Waals surface area contributed by atoms with Crippen LogP contribution >= 0.6 is 11.3 Å². The number of ketones is 1. The van der Waals surface area contributed by atoms with Crippen molar-refractivity contribution in [3.05, 3.63) is 93.7 Å². The fraction of sp³-hybridized carbons (Fsp3) is 0.250. The molecule has 0 unspecified atom stereocenters. The molecule has 0 atom stereocenters. The Balaban J connectivity index is 1.47. The van der Waals surface area contributed by atoms with Crippen LogP contribution in [0.2, 0.25) is 0 Å². The van der Waals surface area contributed by atoms with Crippen LogP contribution in [0, 0.1) is 0 Å². The van der Waals surface area contributed by atoms with E-state index in [1.54, 1.807) is 12.1 Å². The van der Waals surface area contributed by atoms with Crippen LogP contribution < -0.4 is 0 Å². The number of benzene rings is 2. The Morgan fingerprint density at radius 2 is 1.55 bits per heavy atom. The van der Waals surface area contributed by atoms with Gasteiger partial charge in [0.1, 0.15) is 0 Å². The van der Waals surface area contributed by atoms with E-state index in [9.17, 15) is 9.59 Å². The smallest absolute Gasteiger partial charge is 0.254 e. The summed E-state index contributed by atoms with van der Waals surface area (Å²) >= 11 is 1.41. The SMILES string of the molecule is O=C(c1cccs1)c1ccccc1C(=O)N1CCCN(Cc2ccccc2)CC1. The molecule has 0 N–H and O–H groups in total. The maximum atomic E-state index is 13.3. The first-order valence-corrected chi connectivity index (χ1v) is 10.8. The van der Waals surface area contributed by atoms with Gasteiger partial charge in [0, 0.05) is 38.3 Å². The zero-order valence-corrected chi connectivity index (χ0v) is 17.1. The Morgan fingerprint density at radius 1 is 0.793 bits per heavy atom. The average Bonchev–Trinajstić information content (AvgIpc) is 3.21. The summed E-state index contributed by atoms with van der Waals surface area (Å²) in [7, 11) is 0. The molecule has 3 aromatic rings. The predicted molar refractivity (Wildman–Crippen MR) is 116 cm³/mol. The molecule has 0 aliphatic carbocycles. The van der Waals surface area contributed by atoms with E-state index in [1.807, 2.05) is 40.6 Å². The number of carbonyl (C=O) groups is 2. The Hall–Kier alpha value is -2.76. The molecule has 2 aromatic carbocycles. The number of nitrogens with zero attached hydrogens (tertiary/aromatic N) is 2. The highest BCUT2D eigenvalue weighted by molar-refractivity contribution is 7.12. The van der Waals surface area contributed by atoms with E-state index >= 15 is 0 Å². The van der Waals surface area contributed by atoms with Gasteiger partial charge < -0.3 is 4.90 Å². The maximum absolute atomic E-state index is 13.3.